The zero-order chi connectivity index (χ0) is 29.4. The summed E-state index contributed by atoms with van der Waals surface area (Å²) in [7, 11) is -3.96. The number of benzene rings is 2. The second-order valence-electron chi connectivity index (χ2n) is 11.7. The molecule has 2 aliphatic rings. The number of ether oxygens (including phenoxy) is 1. The highest BCUT2D eigenvalue weighted by molar-refractivity contribution is 7.90. The monoisotopic (exact) mass is 571 g/mol. The number of amides is 1. The molecule has 0 saturated carbocycles. The number of carbonyl (C=O) groups is 2. The molecule has 9 heteroatoms. The van der Waals surface area contributed by atoms with Crippen LogP contribution in [0.25, 0.3) is 10.9 Å². The smallest absolute Gasteiger partial charge is 0.410 e. The van der Waals surface area contributed by atoms with E-state index in [1.54, 1.807) is 41.3 Å². The Hall–Kier alpha value is -4.16. The number of nitrogens with zero attached hydrogens (tertiary/aromatic N) is 3. The fraction of sp³-hybridized carbons (Fsp3) is 0.344. The van der Waals surface area contributed by atoms with Crippen LogP contribution in [0.1, 0.15) is 62.4 Å². The highest BCUT2D eigenvalue weighted by atomic mass is 32.2. The number of fused-ring (bicyclic) bond motifs is 1. The van der Waals surface area contributed by atoms with Gasteiger partial charge in [-0.25, -0.2) is 17.2 Å². The number of ketones is 1. The van der Waals surface area contributed by atoms with Gasteiger partial charge in [0.15, 0.2) is 5.78 Å². The Bertz CT molecular complexity index is 1720. The molecule has 2 aromatic carbocycles. The molecule has 212 valence electrons. The maximum Gasteiger partial charge on any atom is 0.410 e. The van der Waals surface area contributed by atoms with Gasteiger partial charge in [-0.3, -0.25) is 4.79 Å². The summed E-state index contributed by atoms with van der Waals surface area (Å²) in [6.07, 6.45) is 9.89. The first-order chi connectivity index (χ1) is 19.4. The quantitative estimate of drug-likeness (QED) is 0.325. The van der Waals surface area contributed by atoms with Crippen molar-refractivity contribution in [3.8, 4) is 6.07 Å². The number of hydrogen-bond acceptors (Lipinski definition) is 6. The Labute approximate surface area is 240 Å². The van der Waals surface area contributed by atoms with Gasteiger partial charge in [-0.15, -0.1) is 0 Å². The van der Waals surface area contributed by atoms with Crippen molar-refractivity contribution >= 4 is 32.8 Å². The topological polar surface area (TPSA) is 109 Å². The van der Waals surface area contributed by atoms with Crippen LogP contribution in [-0.4, -0.2) is 47.9 Å². The Balaban J connectivity index is 1.54. The van der Waals surface area contributed by atoms with Crippen LogP contribution in [-0.2, 0) is 14.8 Å². The first-order valence-corrected chi connectivity index (χ1v) is 15.1. The van der Waals surface area contributed by atoms with Crippen molar-refractivity contribution in [1.29, 1.82) is 5.26 Å². The molecule has 1 aliphatic carbocycles. The molecule has 1 aromatic heterocycles. The molecule has 0 spiro atoms. The Morgan fingerprint density at radius 2 is 1.85 bits per heavy atom. The zero-order valence-corrected chi connectivity index (χ0v) is 24.3. The minimum atomic E-state index is -3.96. The molecule has 1 saturated heterocycles. The number of aromatic nitrogens is 1. The lowest BCUT2D eigenvalue weighted by atomic mass is 9.74. The second kappa shape index (κ2) is 10.7. The van der Waals surface area contributed by atoms with Crippen LogP contribution in [0.3, 0.4) is 0 Å². The molecule has 0 radical (unpaired) electrons. The predicted octanol–water partition coefficient (Wildman–Crippen LogP) is 6.23. The third-order valence-electron chi connectivity index (χ3n) is 7.55. The molecule has 5 rings (SSSR count). The van der Waals surface area contributed by atoms with Crippen molar-refractivity contribution in [3.05, 3.63) is 89.7 Å². The Morgan fingerprint density at radius 3 is 2.51 bits per heavy atom. The Morgan fingerprint density at radius 1 is 1.10 bits per heavy atom. The van der Waals surface area contributed by atoms with E-state index in [4.69, 9.17) is 4.74 Å². The number of carbonyl (C=O) groups excluding carboxylic acids is 2. The summed E-state index contributed by atoms with van der Waals surface area (Å²) < 4.78 is 33.5. The standard InChI is InChI=1S/C32H33N3O5S/c1-31(2,3)40-30(37)34-17-16-32(22-34,19-23-10-6-4-7-11-23)29(36)24-14-15-28-27(18-24)25(20-33)21-35(28)41(38,39)26-12-8-5-9-13-26/h5-6,8-15,18,21H,4,7,16-17,19,22H2,1-3H3. The van der Waals surface area contributed by atoms with Gasteiger partial charge in [0.05, 0.1) is 21.4 Å². The summed E-state index contributed by atoms with van der Waals surface area (Å²) in [5.74, 6) is -0.145. The molecule has 1 amide bonds. The maximum atomic E-state index is 14.3. The van der Waals surface area contributed by atoms with E-state index in [2.05, 4.69) is 18.2 Å². The summed E-state index contributed by atoms with van der Waals surface area (Å²) in [6, 6.07) is 14.9. The van der Waals surface area contributed by atoms with E-state index in [1.807, 2.05) is 26.8 Å². The van der Waals surface area contributed by atoms with Gasteiger partial charge in [0.1, 0.15) is 11.7 Å². The van der Waals surface area contributed by atoms with E-state index in [0.717, 1.165) is 22.4 Å². The molecular weight excluding hydrogens is 538 g/mol. The minimum Gasteiger partial charge on any atom is -0.444 e. The first kappa shape index (κ1) is 28.4. The van der Waals surface area contributed by atoms with Crippen LogP contribution in [0.15, 0.2) is 83.4 Å². The van der Waals surface area contributed by atoms with Gasteiger partial charge in [0.25, 0.3) is 10.0 Å². The molecule has 1 unspecified atom stereocenters. The van der Waals surface area contributed by atoms with Gasteiger partial charge < -0.3 is 9.64 Å². The molecule has 1 fully saturated rings. The molecule has 0 bridgehead atoms. The van der Waals surface area contributed by atoms with Gasteiger partial charge >= 0.3 is 6.09 Å². The highest BCUT2D eigenvalue weighted by Crippen LogP contribution is 2.42. The number of hydrogen-bond donors (Lipinski definition) is 0. The number of nitriles is 1. The molecule has 1 aliphatic heterocycles. The molecule has 2 heterocycles. The zero-order valence-electron chi connectivity index (χ0n) is 23.5. The lowest BCUT2D eigenvalue weighted by Crippen LogP contribution is -2.39. The molecular formula is C32H33N3O5S. The van der Waals surface area contributed by atoms with E-state index in [1.165, 1.54) is 18.3 Å². The second-order valence-corrected chi connectivity index (χ2v) is 13.5. The lowest BCUT2D eigenvalue weighted by Gasteiger charge is -2.30. The fourth-order valence-electron chi connectivity index (χ4n) is 5.60. The van der Waals surface area contributed by atoms with Gasteiger partial charge in [0.2, 0.25) is 0 Å². The number of Topliss-reactive ketones (excluding diaryl/α,β-unsaturated/α-hetero) is 1. The van der Waals surface area contributed by atoms with Crippen LogP contribution >= 0.6 is 0 Å². The average molecular weight is 572 g/mol. The van der Waals surface area contributed by atoms with Gasteiger partial charge in [-0.2, -0.15) is 5.26 Å². The third kappa shape index (κ3) is 5.57. The highest BCUT2D eigenvalue weighted by Gasteiger charge is 2.47. The van der Waals surface area contributed by atoms with Crippen LogP contribution < -0.4 is 0 Å². The fourth-order valence-corrected chi connectivity index (χ4v) is 6.99. The Kier molecular flexibility index (Phi) is 7.39. The van der Waals surface area contributed by atoms with Crippen LogP contribution in [0, 0.1) is 16.7 Å². The average Bonchev–Trinajstić information content (AvgIpc) is 3.55. The van der Waals surface area contributed by atoms with Crippen molar-refractivity contribution in [2.24, 2.45) is 5.41 Å². The van der Waals surface area contributed by atoms with Gasteiger partial charge in [-0.05, 0) is 76.8 Å². The van der Waals surface area contributed by atoms with Crippen LogP contribution in [0.2, 0.25) is 0 Å². The van der Waals surface area contributed by atoms with Crippen molar-refractivity contribution in [3.63, 3.8) is 0 Å². The first-order valence-electron chi connectivity index (χ1n) is 13.7. The summed E-state index contributed by atoms with van der Waals surface area (Å²) in [6.45, 7) is 6.02. The van der Waals surface area contributed by atoms with Crippen molar-refractivity contribution in [1.82, 2.24) is 8.87 Å². The summed E-state index contributed by atoms with van der Waals surface area (Å²) in [5.41, 5.74) is 0.347. The molecule has 8 nitrogen and oxygen atoms in total. The minimum absolute atomic E-state index is 0.0995. The summed E-state index contributed by atoms with van der Waals surface area (Å²) >= 11 is 0. The maximum absolute atomic E-state index is 14.3. The number of likely N-dealkylation sites (tertiary alicyclic amines) is 1. The van der Waals surface area contributed by atoms with Crippen LogP contribution in [0.5, 0.6) is 0 Å². The van der Waals surface area contributed by atoms with E-state index < -0.39 is 27.1 Å². The van der Waals surface area contributed by atoms with E-state index in [9.17, 15) is 23.3 Å². The number of allylic oxidation sites excluding steroid dienone is 4. The molecule has 1 atom stereocenters. The van der Waals surface area contributed by atoms with E-state index >= 15 is 0 Å². The SMILES string of the molecule is CC(C)(C)OC(=O)N1CCC(CC2=CCCC=C2)(C(=O)c2ccc3c(c2)c(C#N)cn3S(=O)(=O)c2ccccc2)C1. The van der Waals surface area contributed by atoms with Crippen molar-refractivity contribution < 1.29 is 22.7 Å². The summed E-state index contributed by atoms with van der Waals surface area (Å²) in [5, 5.41) is 10.2. The molecule has 41 heavy (non-hydrogen) atoms. The molecule has 3 aromatic rings. The largest absolute Gasteiger partial charge is 0.444 e. The van der Waals surface area contributed by atoms with E-state index in [-0.39, 0.29) is 22.8 Å². The predicted molar refractivity (Wildman–Crippen MR) is 156 cm³/mol. The lowest BCUT2D eigenvalue weighted by molar-refractivity contribution is 0.0274. The van der Waals surface area contributed by atoms with Gasteiger partial charge in [0, 0.05) is 30.2 Å². The number of rotatable bonds is 6. The molecule has 0 N–H and O–H groups in total. The van der Waals surface area contributed by atoms with Crippen molar-refractivity contribution in [2.75, 3.05) is 13.1 Å². The van der Waals surface area contributed by atoms with Gasteiger partial charge in [-0.1, -0.05) is 42.0 Å². The normalized spacial score (nSPS) is 19.2. The summed E-state index contributed by atoms with van der Waals surface area (Å²) in [4.78, 5) is 29.0. The van der Waals surface area contributed by atoms with Crippen LogP contribution in [0.4, 0.5) is 4.79 Å². The van der Waals surface area contributed by atoms with Crippen molar-refractivity contribution in [2.45, 2.75) is 57.0 Å². The van der Waals surface area contributed by atoms with E-state index in [0.29, 0.717) is 35.9 Å². The third-order valence-corrected chi connectivity index (χ3v) is 9.24.